The molecule has 1 heterocycles. The normalized spacial score (nSPS) is 19.4. The van der Waals surface area contributed by atoms with E-state index in [0.29, 0.717) is 6.54 Å². The summed E-state index contributed by atoms with van der Waals surface area (Å²) in [5, 5.41) is 0. The Bertz CT molecular complexity index is 370. The van der Waals surface area contributed by atoms with E-state index in [9.17, 15) is 0 Å². The van der Waals surface area contributed by atoms with Gasteiger partial charge in [-0.15, -0.1) is 0 Å². The van der Waals surface area contributed by atoms with Crippen LogP contribution in [0.5, 0.6) is 0 Å². The summed E-state index contributed by atoms with van der Waals surface area (Å²) in [7, 11) is 0. The highest BCUT2D eigenvalue weighted by Crippen LogP contribution is 2.13. The molecule has 1 aromatic rings. The summed E-state index contributed by atoms with van der Waals surface area (Å²) in [4.78, 5) is 4.34. The van der Waals surface area contributed by atoms with Gasteiger partial charge in [-0.1, -0.05) is 29.8 Å². The molecule has 0 spiro atoms. The van der Waals surface area contributed by atoms with Crippen molar-refractivity contribution in [1.82, 2.24) is 0 Å². The number of hydrogen-bond donors (Lipinski definition) is 1. The molecule has 0 saturated heterocycles. The third-order valence-corrected chi connectivity index (χ3v) is 2.72. The Labute approximate surface area is 96.3 Å². The fourth-order valence-electron chi connectivity index (χ4n) is 1.83. The second-order valence-electron chi connectivity index (χ2n) is 4.20. The summed E-state index contributed by atoms with van der Waals surface area (Å²) in [5.41, 5.74) is 8.06. The monoisotopic (exact) mass is 218 g/mol. The van der Waals surface area contributed by atoms with E-state index >= 15 is 0 Å². The molecule has 0 aliphatic carbocycles. The number of benzene rings is 1. The van der Waals surface area contributed by atoms with E-state index in [-0.39, 0.29) is 6.10 Å². The lowest BCUT2D eigenvalue weighted by atomic mass is 10.1. The molecule has 3 heteroatoms. The molecule has 0 amide bonds. The Morgan fingerprint density at radius 1 is 1.38 bits per heavy atom. The van der Waals surface area contributed by atoms with Crippen LogP contribution in [0, 0.1) is 6.92 Å². The van der Waals surface area contributed by atoms with Gasteiger partial charge in [-0.3, -0.25) is 4.99 Å². The summed E-state index contributed by atoms with van der Waals surface area (Å²) in [6.07, 6.45) is 1.88. The minimum atomic E-state index is 0.198. The third-order valence-electron chi connectivity index (χ3n) is 2.72. The Morgan fingerprint density at radius 3 is 2.81 bits per heavy atom. The highest BCUT2D eigenvalue weighted by molar-refractivity contribution is 5.77. The largest absolute Gasteiger partial charge is 0.475 e. The first-order valence-electron chi connectivity index (χ1n) is 5.73. The first-order chi connectivity index (χ1) is 7.78. The van der Waals surface area contributed by atoms with E-state index in [0.717, 1.165) is 25.3 Å². The van der Waals surface area contributed by atoms with Crippen LogP contribution in [-0.4, -0.2) is 25.1 Å². The molecular weight excluding hydrogens is 200 g/mol. The lowest BCUT2D eigenvalue weighted by Crippen LogP contribution is -2.17. The fraction of sp³-hybridized carbons (Fsp3) is 0.462. The van der Waals surface area contributed by atoms with Crippen LogP contribution in [0.2, 0.25) is 0 Å². The number of aryl methyl sites for hydroxylation is 1. The molecule has 0 radical (unpaired) electrons. The van der Waals surface area contributed by atoms with Gasteiger partial charge in [0.25, 0.3) is 0 Å². The maximum absolute atomic E-state index is 5.71. The number of nitrogens with zero attached hydrogens (tertiary/aromatic N) is 1. The van der Waals surface area contributed by atoms with Crippen molar-refractivity contribution in [3.8, 4) is 0 Å². The van der Waals surface area contributed by atoms with E-state index in [1.54, 1.807) is 0 Å². The van der Waals surface area contributed by atoms with Gasteiger partial charge in [0, 0.05) is 19.4 Å². The highest BCUT2D eigenvalue weighted by atomic mass is 16.5. The van der Waals surface area contributed by atoms with Crippen molar-refractivity contribution >= 4 is 5.90 Å². The summed E-state index contributed by atoms with van der Waals surface area (Å²) >= 11 is 0. The van der Waals surface area contributed by atoms with Crippen LogP contribution in [-0.2, 0) is 11.2 Å². The van der Waals surface area contributed by atoms with Gasteiger partial charge in [0.2, 0.25) is 0 Å². The topological polar surface area (TPSA) is 47.6 Å². The summed E-state index contributed by atoms with van der Waals surface area (Å²) in [6.45, 7) is 3.47. The van der Waals surface area contributed by atoms with Crippen LogP contribution in [0.25, 0.3) is 0 Å². The summed E-state index contributed by atoms with van der Waals surface area (Å²) in [5.74, 6) is 0.819. The zero-order chi connectivity index (χ0) is 11.4. The summed E-state index contributed by atoms with van der Waals surface area (Å²) in [6, 6.07) is 8.57. The van der Waals surface area contributed by atoms with Crippen LogP contribution < -0.4 is 5.73 Å². The highest BCUT2D eigenvalue weighted by Gasteiger charge is 2.19. The first kappa shape index (κ1) is 11.1. The molecule has 2 N–H and O–H groups in total. The second-order valence-corrected chi connectivity index (χ2v) is 4.20. The van der Waals surface area contributed by atoms with E-state index in [1.807, 2.05) is 0 Å². The van der Waals surface area contributed by atoms with E-state index in [2.05, 4.69) is 36.2 Å². The molecule has 2 rings (SSSR count). The van der Waals surface area contributed by atoms with Crippen molar-refractivity contribution in [2.24, 2.45) is 10.7 Å². The molecule has 0 bridgehead atoms. The van der Waals surface area contributed by atoms with Crippen LogP contribution >= 0.6 is 0 Å². The van der Waals surface area contributed by atoms with E-state index in [4.69, 9.17) is 10.5 Å². The molecule has 1 aliphatic rings. The quantitative estimate of drug-likeness (QED) is 0.836. The Balaban J connectivity index is 1.86. The minimum absolute atomic E-state index is 0.198. The predicted molar refractivity (Wildman–Crippen MR) is 65.7 cm³/mol. The first-order valence-corrected chi connectivity index (χ1v) is 5.73. The van der Waals surface area contributed by atoms with Crippen LogP contribution in [0.4, 0.5) is 0 Å². The standard InChI is InChI=1S/C13H18N2O/c1-10-2-4-11(5-3-10)8-12-9-15-13(16-12)6-7-14/h2-5,12H,6-9,14H2,1H3. The van der Waals surface area contributed by atoms with Gasteiger partial charge in [0.1, 0.15) is 6.10 Å². The molecule has 0 saturated carbocycles. The van der Waals surface area contributed by atoms with Gasteiger partial charge in [-0.25, -0.2) is 0 Å². The van der Waals surface area contributed by atoms with Crippen molar-refractivity contribution in [3.05, 3.63) is 35.4 Å². The van der Waals surface area contributed by atoms with Gasteiger partial charge in [-0.2, -0.15) is 0 Å². The second kappa shape index (κ2) is 5.12. The van der Waals surface area contributed by atoms with E-state index in [1.165, 1.54) is 11.1 Å². The van der Waals surface area contributed by atoms with Crippen LogP contribution in [0.1, 0.15) is 17.5 Å². The van der Waals surface area contributed by atoms with Crippen LogP contribution in [0.3, 0.4) is 0 Å². The zero-order valence-corrected chi connectivity index (χ0v) is 9.65. The van der Waals surface area contributed by atoms with E-state index < -0.39 is 0 Å². The number of rotatable bonds is 4. The van der Waals surface area contributed by atoms with Crippen molar-refractivity contribution in [2.45, 2.75) is 25.9 Å². The van der Waals surface area contributed by atoms with Crippen molar-refractivity contribution in [2.75, 3.05) is 13.1 Å². The average Bonchev–Trinajstić information content (AvgIpc) is 2.70. The predicted octanol–water partition coefficient (Wildman–Crippen LogP) is 1.68. The lowest BCUT2D eigenvalue weighted by molar-refractivity contribution is 0.219. The maximum Gasteiger partial charge on any atom is 0.185 e. The number of aliphatic imine (C=N–C) groups is 1. The molecule has 1 unspecified atom stereocenters. The Morgan fingerprint density at radius 2 is 2.12 bits per heavy atom. The number of ether oxygens (including phenoxy) is 1. The molecular formula is C13H18N2O. The van der Waals surface area contributed by atoms with Gasteiger partial charge in [-0.05, 0) is 12.5 Å². The molecule has 1 aliphatic heterocycles. The minimum Gasteiger partial charge on any atom is -0.475 e. The molecule has 1 aromatic carbocycles. The van der Waals surface area contributed by atoms with Crippen molar-refractivity contribution < 1.29 is 4.74 Å². The van der Waals surface area contributed by atoms with Gasteiger partial charge < -0.3 is 10.5 Å². The third kappa shape index (κ3) is 2.83. The maximum atomic E-state index is 5.71. The lowest BCUT2D eigenvalue weighted by Gasteiger charge is -2.11. The Hall–Kier alpha value is -1.35. The number of nitrogens with two attached hydrogens (primary N) is 1. The Kier molecular flexibility index (Phi) is 3.57. The molecule has 16 heavy (non-hydrogen) atoms. The molecule has 0 aromatic heterocycles. The SMILES string of the molecule is Cc1ccc(CC2CN=C(CCN)O2)cc1. The zero-order valence-electron chi connectivity index (χ0n) is 9.65. The smallest absolute Gasteiger partial charge is 0.185 e. The number of hydrogen-bond acceptors (Lipinski definition) is 3. The van der Waals surface area contributed by atoms with Crippen molar-refractivity contribution in [1.29, 1.82) is 0 Å². The molecule has 86 valence electrons. The van der Waals surface area contributed by atoms with Gasteiger partial charge >= 0.3 is 0 Å². The van der Waals surface area contributed by atoms with Gasteiger partial charge in [0.15, 0.2) is 5.90 Å². The van der Waals surface area contributed by atoms with Gasteiger partial charge in [0.05, 0.1) is 6.54 Å². The molecule has 0 fully saturated rings. The average molecular weight is 218 g/mol. The molecule has 1 atom stereocenters. The van der Waals surface area contributed by atoms with Crippen molar-refractivity contribution in [3.63, 3.8) is 0 Å². The summed E-state index contributed by atoms with van der Waals surface area (Å²) < 4.78 is 5.71. The molecule has 3 nitrogen and oxygen atoms in total. The van der Waals surface area contributed by atoms with Crippen LogP contribution in [0.15, 0.2) is 29.3 Å². The fourth-order valence-corrected chi connectivity index (χ4v) is 1.83.